The van der Waals surface area contributed by atoms with Gasteiger partial charge in [0.15, 0.2) is 0 Å². The van der Waals surface area contributed by atoms with Crippen LogP contribution in [-0.2, 0) is 19.9 Å². The molecule has 0 radical (unpaired) electrons. The van der Waals surface area contributed by atoms with Crippen molar-refractivity contribution in [1.82, 2.24) is 9.55 Å². The molecule has 2 nitrogen and oxygen atoms in total. The van der Waals surface area contributed by atoms with Crippen molar-refractivity contribution in [2.75, 3.05) is 0 Å². The first kappa shape index (κ1) is 13.3. The first-order chi connectivity index (χ1) is 12.3. The highest BCUT2D eigenvalue weighted by Gasteiger charge is 2.24. The Labute approximate surface area is 145 Å². The fourth-order valence-corrected chi connectivity index (χ4v) is 4.78. The minimum absolute atomic E-state index is 1.10. The summed E-state index contributed by atoms with van der Waals surface area (Å²) < 4.78 is 2.37. The van der Waals surface area contributed by atoms with Crippen LogP contribution < -0.4 is 0 Å². The molecule has 120 valence electrons. The fraction of sp³-hybridized carbons (Fsp3) is 0.130. The van der Waals surface area contributed by atoms with Crippen molar-refractivity contribution in [3.63, 3.8) is 0 Å². The van der Waals surface area contributed by atoms with Gasteiger partial charge < -0.3 is 9.55 Å². The maximum absolute atomic E-state index is 3.68. The summed E-state index contributed by atoms with van der Waals surface area (Å²) >= 11 is 0. The molecule has 5 aromatic rings. The van der Waals surface area contributed by atoms with Gasteiger partial charge in [0, 0.05) is 39.8 Å². The summed E-state index contributed by atoms with van der Waals surface area (Å²) in [5, 5.41) is 4.10. The number of nitrogens with one attached hydrogen (secondary N) is 1. The third-order valence-electron chi connectivity index (χ3n) is 5.88. The molecular formula is C23H18N2. The van der Waals surface area contributed by atoms with Crippen molar-refractivity contribution < 1.29 is 0 Å². The first-order valence-corrected chi connectivity index (χ1v) is 8.92. The Bertz CT molecular complexity index is 1300. The minimum atomic E-state index is 1.10. The van der Waals surface area contributed by atoms with Crippen LogP contribution in [-0.4, -0.2) is 9.55 Å². The molecule has 25 heavy (non-hydrogen) atoms. The summed E-state index contributed by atoms with van der Waals surface area (Å²) in [5.41, 5.74) is 9.59. The molecule has 2 heteroatoms. The monoisotopic (exact) mass is 322 g/mol. The molecule has 1 N–H and O–H groups in total. The number of nitrogens with zero attached hydrogens (tertiary/aromatic N) is 1. The molecule has 1 aliphatic carbocycles. The summed E-state index contributed by atoms with van der Waals surface area (Å²) in [6.45, 7) is 0. The Hall–Kier alpha value is -3.00. The lowest BCUT2D eigenvalue weighted by molar-refractivity contribution is 0.931. The van der Waals surface area contributed by atoms with Gasteiger partial charge in [-0.25, -0.2) is 0 Å². The summed E-state index contributed by atoms with van der Waals surface area (Å²) in [7, 11) is 2.20. The maximum atomic E-state index is 3.68. The van der Waals surface area contributed by atoms with Crippen molar-refractivity contribution in [1.29, 1.82) is 0 Å². The van der Waals surface area contributed by atoms with E-state index >= 15 is 0 Å². The Morgan fingerprint density at radius 3 is 2.44 bits per heavy atom. The predicted octanol–water partition coefficient (Wildman–Crippen LogP) is 5.58. The lowest BCUT2D eigenvalue weighted by atomic mass is 9.87. The van der Waals surface area contributed by atoms with Crippen LogP contribution in [0.5, 0.6) is 0 Å². The third-order valence-corrected chi connectivity index (χ3v) is 5.88. The van der Waals surface area contributed by atoms with Crippen molar-refractivity contribution in [2.24, 2.45) is 7.05 Å². The molecule has 1 aliphatic rings. The Balaban J connectivity index is 1.76. The van der Waals surface area contributed by atoms with Crippen LogP contribution in [0.1, 0.15) is 11.1 Å². The number of aryl methyl sites for hydroxylation is 3. The average molecular weight is 322 g/mol. The Morgan fingerprint density at radius 2 is 1.52 bits per heavy atom. The number of aromatic nitrogens is 2. The molecule has 0 bridgehead atoms. The number of H-pyrrole nitrogens is 1. The predicted molar refractivity (Wildman–Crippen MR) is 105 cm³/mol. The second-order valence-electron chi connectivity index (χ2n) is 7.09. The van der Waals surface area contributed by atoms with Crippen molar-refractivity contribution >= 4 is 32.7 Å². The highest BCUT2D eigenvalue weighted by atomic mass is 14.9. The Kier molecular flexibility index (Phi) is 2.42. The summed E-state index contributed by atoms with van der Waals surface area (Å²) in [6, 6.07) is 22.0. The quantitative estimate of drug-likeness (QED) is 0.384. The van der Waals surface area contributed by atoms with Crippen molar-refractivity contribution in [3.05, 3.63) is 71.8 Å². The van der Waals surface area contributed by atoms with Crippen LogP contribution in [0.4, 0.5) is 0 Å². The van der Waals surface area contributed by atoms with E-state index in [2.05, 4.69) is 77.3 Å². The number of benzene rings is 3. The van der Waals surface area contributed by atoms with Crippen LogP contribution in [0.15, 0.2) is 60.7 Å². The number of rotatable bonds is 0. The van der Waals surface area contributed by atoms with E-state index in [1.807, 2.05) is 0 Å². The van der Waals surface area contributed by atoms with Crippen LogP contribution in [0.25, 0.3) is 44.0 Å². The van der Waals surface area contributed by atoms with Gasteiger partial charge in [0.05, 0.1) is 11.2 Å². The zero-order valence-electron chi connectivity index (χ0n) is 14.1. The van der Waals surface area contributed by atoms with Gasteiger partial charge in [-0.3, -0.25) is 0 Å². The molecular weight excluding hydrogens is 304 g/mol. The van der Waals surface area contributed by atoms with Gasteiger partial charge in [0.25, 0.3) is 0 Å². The molecule has 0 saturated carbocycles. The van der Waals surface area contributed by atoms with Gasteiger partial charge in [-0.05, 0) is 36.1 Å². The molecule has 6 rings (SSSR count). The molecule has 2 aromatic heterocycles. The SMILES string of the molecule is Cn1c2ccccc2c2ccc3c(c21)CCc1c-3[nH]c2ccccc12. The van der Waals surface area contributed by atoms with E-state index in [1.165, 1.54) is 55.1 Å². The molecule has 0 spiro atoms. The van der Waals surface area contributed by atoms with Crippen LogP contribution in [0.3, 0.4) is 0 Å². The molecule has 0 aliphatic heterocycles. The highest BCUT2D eigenvalue weighted by molar-refractivity contribution is 6.11. The standard InChI is InChI=1S/C23H18N2/c1-25-21-9-5-3-7-15(21)18-12-11-17-19(23(18)25)13-10-16-14-6-2-4-8-20(14)24-22(16)17/h2-9,11-12,24H,10,13H2,1H3. The number of fused-ring (bicyclic) bond motifs is 9. The highest BCUT2D eigenvalue weighted by Crippen LogP contribution is 2.42. The van der Waals surface area contributed by atoms with Crippen molar-refractivity contribution in [3.8, 4) is 11.3 Å². The number of hydrogen-bond acceptors (Lipinski definition) is 0. The van der Waals surface area contributed by atoms with Gasteiger partial charge in [-0.15, -0.1) is 0 Å². The van der Waals surface area contributed by atoms with Gasteiger partial charge >= 0.3 is 0 Å². The maximum Gasteiger partial charge on any atom is 0.0528 e. The minimum Gasteiger partial charge on any atom is -0.354 e. The van der Waals surface area contributed by atoms with Crippen LogP contribution >= 0.6 is 0 Å². The summed E-state index contributed by atoms with van der Waals surface area (Å²) in [5.74, 6) is 0. The second kappa shape index (κ2) is 4.54. The summed E-state index contributed by atoms with van der Waals surface area (Å²) in [4.78, 5) is 3.68. The van der Waals surface area contributed by atoms with E-state index in [9.17, 15) is 0 Å². The van der Waals surface area contributed by atoms with Gasteiger partial charge in [-0.1, -0.05) is 48.5 Å². The Morgan fingerprint density at radius 1 is 0.760 bits per heavy atom. The zero-order valence-corrected chi connectivity index (χ0v) is 14.1. The molecule has 0 amide bonds. The molecule has 2 heterocycles. The summed E-state index contributed by atoms with van der Waals surface area (Å²) in [6.07, 6.45) is 2.21. The number of hydrogen-bond donors (Lipinski definition) is 1. The largest absolute Gasteiger partial charge is 0.354 e. The number of para-hydroxylation sites is 2. The van der Waals surface area contributed by atoms with Gasteiger partial charge in [-0.2, -0.15) is 0 Å². The third kappa shape index (κ3) is 1.59. The normalized spacial score (nSPS) is 13.5. The topological polar surface area (TPSA) is 20.7 Å². The molecule has 0 fully saturated rings. The molecule has 0 saturated heterocycles. The van der Waals surface area contributed by atoms with Crippen LogP contribution in [0.2, 0.25) is 0 Å². The second-order valence-corrected chi connectivity index (χ2v) is 7.09. The zero-order chi connectivity index (χ0) is 16.5. The van der Waals surface area contributed by atoms with E-state index in [4.69, 9.17) is 0 Å². The first-order valence-electron chi connectivity index (χ1n) is 8.92. The van der Waals surface area contributed by atoms with E-state index in [0.717, 1.165) is 12.8 Å². The molecule has 0 unspecified atom stereocenters. The van der Waals surface area contributed by atoms with Gasteiger partial charge in [0.2, 0.25) is 0 Å². The van der Waals surface area contributed by atoms with E-state index in [1.54, 1.807) is 0 Å². The van der Waals surface area contributed by atoms with E-state index < -0.39 is 0 Å². The lowest BCUT2D eigenvalue weighted by Crippen LogP contribution is -2.05. The fourth-order valence-electron chi connectivity index (χ4n) is 4.78. The molecule has 0 atom stereocenters. The average Bonchev–Trinajstić information content (AvgIpc) is 3.18. The smallest absolute Gasteiger partial charge is 0.0528 e. The lowest BCUT2D eigenvalue weighted by Gasteiger charge is -2.18. The molecule has 3 aromatic carbocycles. The van der Waals surface area contributed by atoms with Crippen molar-refractivity contribution in [2.45, 2.75) is 12.8 Å². The van der Waals surface area contributed by atoms with Gasteiger partial charge in [0.1, 0.15) is 0 Å². The van der Waals surface area contributed by atoms with Crippen LogP contribution in [0, 0.1) is 0 Å². The number of aromatic amines is 1. The van der Waals surface area contributed by atoms with E-state index in [0.29, 0.717) is 0 Å². The van der Waals surface area contributed by atoms with E-state index in [-0.39, 0.29) is 0 Å².